The Balaban J connectivity index is 1.75. The lowest BCUT2D eigenvalue weighted by Gasteiger charge is -2.30. The van der Waals surface area contributed by atoms with Gasteiger partial charge in [0.25, 0.3) is 11.5 Å². The number of hydrogen-bond donors (Lipinski definition) is 1. The van der Waals surface area contributed by atoms with Gasteiger partial charge in [0.1, 0.15) is 5.52 Å². The van der Waals surface area contributed by atoms with Crippen LogP contribution in [0.3, 0.4) is 0 Å². The van der Waals surface area contributed by atoms with E-state index in [1.54, 1.807) is 4.57 Å². The van der Waals surface area contributed by atoms with Crippen molar-refractivity contribution in [2.75, 3.05) is 13.1 Å². The molecule has 0 saturated carbocycles. The van der Waals surface area contributed by atoms with E-state index in [4.69, 9.17) is 11.6 Å². The number of amides is 1. The summed E-state index contributed by atoms with van der Waals surface area (Å²) in [5.41, 5.74) is 3.78. The zero-order valence-electron chi connectivity index (χ0n) is 18.2. The number of aryl methyl sites for hydroxylation is 1. The van der Waals surface area contributed by atoms with E-state index in [9.17, 15) is 9.59 Å². The number of nitrogens with zero attached hydrogens (tertiary/aromatic N) is 2. The van der Waals surface area contributed by atoms with E-state index in [-0.39, 0.29) is 11.5 Å². The number of rotatable bonds is 4. The number of aromatic amines is 1. The summed E-state index contributed by atoms with van der Waals surface area (Å²) >= 11 is 6.60. The molecule has 4 rings (SSSR count). The molecule has 3 heterocycles. The summed E-state index contributed by atoms with van der Waals surface area (Å²) in [4.78, 5) is 30.9. The molecule has 2 aromatic heterocycles. The SMILES string of the molecule is C/C=C/Cn1cc(-c2ccc(C(=O)N3CCC(C)CC3)c(Cl)c2)c2cc(C)[nH]c2c1=O. The number of carbonyl (C=O) groups is 1. The van der Waals surface area contributed by atoms with Gasteiger partial charge in [-0.3, -0.25) is 9.59 Å². The molecule has 0 atom stereocenters. The summed E-state index contributed by atoms with van der Waals surface area (Å²) in [7, 11) is 0. The topological polar surface area (TPSA) is 58.1 Å². The average molecular weight is 438 g/mol. The van der Waals surface area contributed by atoms with Crippen LogP contribution in [0.15, 0.2) is 47.4 Å². The normalized spacial score (nSPS) is 15.3. The second kappa shape index (κ2) is 8.75. The average Bonchev–Trinajstić information content (AvgIpc) is 3.15. The first-order valence-electron chi connectivity index (χ1n) is 10.8. The number of pyridine rings is 1. The van der Waals surface area contributed by atoms with Crippen molar-refractivity contribution >= 4 is 28.4 Å². The van der Waals surface area contributed by atoms with Crippen LogP contribution in [0.4, 0.5) is 0 Å². The molecule has 0 bridgehead atoms. The molecule has 162 valence electrons. The summed E-state index contributed by atoms with van der Waals surface area (Å²) in [6.07, 6.45) is 7.80. The van der Waals surface area contributed by atoms with Crippen molar-refractivity contribution in [3.05, 3.63) is 69.2 Å². The largest absolute Gasteiger partial charge is 0.354 e. The molecule has 0 spiro atoms. The second-order valence-corrected chi connectivity index (χ2v) is 8.89. The number of aromatic nitrogens is 2. The monoisotopic (exact) mass is 437 g/mol. The number of likely N-dealkylation sites (tertiary alicyclic amines) is 1. The Bertz CT molecular complexity index is 1210. The van der Waals surface area contributed by atoms with Crippen molar-refractivity contribution in [1.82, 2.24) is 14.5 Å². The van der Waals surface area contributed by atoms with Gasteiger partial charge in [-0.1, -0.05) is 36.7 Å². The van der Waals surface area contributed by atoms with Crippen molar-refractivity contribution in [2.24, 2.45) is 5.92 Å². The lowest BCUT2D eigenvalue weighted by atomic mass is 9.98. The van der Waals surface area contributed by atoms with Gasteiger partial charge < -0.3 is 14.5 Å². The van der Waals surface area contributed by atoms with E-state index in [1.807, 2.05) is 61.4 Å². The van der Waals surface area contributed by atoms with Crippen LogP contribution in [0.2, 0.25) is 5.02 Å². The molecule has 1 fully saturated rings. The minimum Gasteiger partial charge on any atom is -0.354 e. The van der Waals surface area contributed by atoms with Gasteiger partial charge in [0.2, 0.25) is 0 Å². The molecule has 5 nitrogen and oxygen atoms in total. The van der Waals surface area contributed by atoms with Crippen molar-refractivity contribution in [3.63, 3.8) is 0 Å². The Labute approximate surface area is 187 Å². The number of carbonyl (C=O) groups excluding carboxylic acids is 1. The Morgan fingerprint density at radius 2 is 2.00 bits per heavy atom. The first-order chi connectivity index (χ1) is 14.9. The molecule has 1 saturated heterocycles. The highest BCUT2D eigenvalue weighted by Crippen LogP contribution is 2.31. The van der Waals surface area contributed by atoms with E-state index in [2.05, 4.69) is 11.9 Å². The van der Waals surface area contributed by atoms with Crippen LogP contribution in [0, 0.1) is 12.8 Å². The van der Waals surface area contributed by atoms with Gasteiger partial charge in [-0.2, -0.15) is 0 Å². The van der Waals surface area contributed by atoms with E-state index < -0.39 is 0 Å². The highest BCUT2D eigenvalue weighted by atomic mass is 35.5. The van der Waals surface area contributed by atoms with E-state index in [0.29, 0.717) is 28.6 Å². The molecular weight excluding hydrogens is 410 g/mol. The number of H-pyrrole nitrogens is 1. The molecule has 1 aromatic carbocycles. The first-order valence-corrected chi connectivity index (χ1v) is 11.2. The Morgan fingerprint density at radius 1 is 1.26 bits per heavy atom. The molecule has 1 N–H and O–H groups in total. The van der Waals surface area contributed by atoms with Gasteiger partial charge in [0.15, 0.2) is 0 Å². The van der Waals surface area contributed by atoms with E-state index in [0.717, 1.165) is 48.1 Å². The zero-order valence-corrected chi connectivity index (χ0v) is 19.0. The lowest BCUT2D eigenvalue weighted by molar-refractivity contribution is 0.0697. The number of hydrogen-bond acceptors (Lipinski definition) is 2. The molecule has 0 aliphatic carbocycles. The molecule has 3 aromatic rings. The van der Waals surface area contributed by atoms with Gasteiger partial charge in [-0.15, -0.1) is 0 Å². The summed E-state index contributed by atoms with van der Waals surface area (Å²) in [6, 6.07) is 7.55. The summed E-state index contributed by atoms with van der Waals surface area (Å²) < 4.78 is 1.69. The van der Waals surface area contributed by atoms with Crippen molar-refractivity contribution in [3.8, 4) is 11.1 Å². The highest BCUT2D eigenvalue weighted by molar-refractivity contribution is 6.34. The quantitative estimate of drug-likeness (QED) is 0.555. The van der Waals surface area contributed by atoms with Crippen LogP contribution >= 0.6 is 11.6 Å². The van der Waals surface area contributed by atoms with Gasteiger partial charge in [-0.05, 0) is 56.4 Å². The number of halogens is 1. The molecule has 6 heteroatoms. The minimum absolute atomic E-state index is 0.0101. The molecular formula is C25H28ClN3O2. The molecule has 0 radical (unpaired) electrons. The maximum Gasteiger partial charge on any atom is 0.275 e. The van der Waals surface area contributed by atoms with Crippen LogP contribution in [0.1, 0.15) is 42.7 Å². The lowest BCUT2D eigenvalue weighted by Crippen LogP contribution is -2.38. The minimum atomic E-state index is -0.0535. The Kier molecular flexibility index (Phi) is 6.05. The Hall–Kier alpha value is -2.79. The van der Waals surface area contributed by atoms with Gasteiger partial charge in [-0.25, -0.2) is 0 Å². The van der Waals surface area contributed by atoms with Crippen molar-refractivity contribution in [1.29, 1.82) is 0 Å². The van der Waals surface area contributed by atoms with Crippen molar-refractivity contribution < 1.29 is 4.79 Å². The maximum atomic E-state index is 13.0. The molecule has 0 unspecified atom stereocenters. The molecule has 1 amide bonds. The molecule has 1 aliphatic rings. The number of fused-ring (bicyclic) bond motifs is 1. The first kappa shape index (κ1) is 21.4. The fourth-order valence-corrected chi connectivity index (χ4v) is 4.48. The van der Waals surface area contributed by atoms with Crippen LogP contribution in [0.5, 0.6) is 0 Å². The maximum absolute atomic E-state index is 13.0. The summed E-state index contributed by atoms with van der Waals surface area (Å²) in [6.45, 7) is 8.14. The van der Waals surface area contributed by atoms with Crippen LogP contribution in [-0.4, -0.2) is 33.4 Å². The van der Waals surface area contributed by atoms with Gasteiger partial charge >= 0.3 is 0 Å². The van der Waals surface area contributed by atoms with Crippen LogP contribution < -0.4 is 5.56 Å². The summed E-state index contributed by atoms with van der Waals surface area (Å²) in [5, 5.41) is 1.30. The predicted octanol–water partition coefficient (Wildman–Crippen LogP) is 5.41. The zero-order chi connectivity index (χ0) is 22.1. The van der Waals surface area contributed by atoms with E-state index in [1.165, 1.54) is 0 Å². The second-order valence-electron chi connectivity index (χ2n) is 8.48. The van der Waals surface area contributed by atoms with Crippen LogP contribution in [0.25, 0.3) is 22.0 Å². The van der Waals surface area contributed by atoms with Gasteiger partial charge in [0.05, 0.1) is 10.6 Å². The number of benzene rings is 1. The fourth-order valence-electron chi connectivity index (χ4n) is 4.22. The highest BCUT2D eigenvalue weighted by Gasteiger charge is 2.23. The summed E-state index contributed by atoms with van der Waals surface area (Å²) in [5.74, 6) is 0.650. The third-order valence-electron chi connectivity index (χ3n) is 6.12. The Morgan fingerprint density at radius 3 is 2.68 bits per heavy atom. The van der Waals surface area contributed by atoms with Crippen LogP contribution in [-0.2, 0) is 6.54 Å². The third kappa shape index (κ3) is 4.19. The molecule has 31 heavy (non-hydrogen) atoms. The number of allylic oxidation sites excluding steroid dienone is 2. The third-order valence-corrected chi connectivity index (χ3v) is 6.43. The van der Waals surface area contributed by atoms with Gasteiger partial charge in [0, 0.05) is 42.5 Å². The predicted molar refractivity (Wildman–Crippen MR) is 127 cm³/mol. The standard InChI is InChI=1S/C25H28ClN3O2/c1-4-5-10-29-15-21(20-13-17(3)27-23(20)25(29)31)18-6-7-19(22(26)14-18)24(30)28-11-8-16(2)9-12-28/h4-7,13-16,27H,8-12H2,1-3H3/b5-4+. The molecule has 1 aliphatic heterocycles. The smallest absolute Gasteiger partial charge is 0.275 e. The number of nitrogens with one attached hydrogen (secondary N) is 1. The number of piperidine rings is 1. The van der Waals surface area contributed by atoms with Crippen molar-refractivity contribution in [2.45, 2.75) is 40.2 Å². The fraction of sp³-hybridized carbons (Fsp3) is 0.360. The van der Waals surface area contributed by atoms with E-state index >= 15 is 0 Å².